The molecule has 5 heteroatoms. The number of benzene rings is 1. The van der Waals surface area contributed by atoms with Crippen molar-refractivity contribution in [3.8, 4) is 11.3 Å². The van der Waals surface area contributed by atoms with Crippen LogP contribution in [0.2, 0.25) is 0 Å². The molecule has 0 radical (unpaired) electrons. The first-order valence-corrected chi connectivity index (χ1v) is 6.87. The topological polar surface area (TPSA) is 55.9 Å². The lowest BCUT2D eigenvalue weighted by Gasteiger charge is -2.08. The van der Waals surface area contributed by atoms with E-state index in [1.807, 2.05) is 36.9 Å². The molecule has 0 saturated heterocycles. The van der Waals surface area contributed by atoms with Crippen molar-refractivity contribution in [3.63, 3.8) is 0 Å². The molecule has 0 aliphatic rings. The molecule has 0 atom stereocenters. The Kier molecular flexibility index (Phi) is 3.48. The van der Waals surface area contributed by atoms with Gasteiger partial charge in [0.25, 0.3) is 0 Å². The average molecular weight is 282 g/mol. The van der Waals surface area contributed by atoms with E-state index in [0.717, 1.165) is 29.2 Å². The molecule has 5 nitrogen and oxygen atoms in total. The summed E-state index contributed by atoms with van der Waals surface area (Å²) in [6.07, 6.45) is 3.16. The number of anilines is 1. The number of rotatable bonds is 4. The first kappa shape index (κ1) is 13.4. The van der Waals surface area contributed by atoms with Gasteiger partial charge in [-0.2, -0.15) is 5.10 Å². The first-order valence-electron chi connectivity index (χ1n) is 6.87. The summed E-state index contributed by atoms with van der Waals surface area (Å²) in [5.74, 6) is 0.771. The van der Waals surface area contributed by atoms with Crippen molar-refractivity contribution in [1.29, 1.82) is 0 Å². The zero-order chi connectivity index (χ0) is 14.8. The quantitative estimate of drug-likeness (QED) is 0.797. The molecule has 108 valence electrons. The van der Waals surface area contributed by atoms with Crippen LogP contribution in [0.25, 0.3) is 11.3 Å². The van der Waals surface area contributed by atoms with Crippen molar-refractivity contribution < 1.29 is 4.42 Å². The van der Waals surface area contributed by atoms with Crippen molar-refractivity contribution in [2.75, 3.05) is 5.32 Å². The van der Waals surface area contributed by atoms with Gasteiger partial charge < -0.3 is 9.73 Å². The van der Waals surface area contributed by atoms with E-state index in [1.54, 1.807) is 6.20 Å². The summed E-state index contributed by atoms with van der Waals surface area (Å²) in [6.45, 7) is 4.88. The molecule has 0 saturated carbocycles. The van der Waals surface area contributed by atoms with Crippen LogP contribution in [0.15, 0.2) is 41.3 Å². The van der Waals surface area contributed by atoms with Gasteiger partial charge in [-0.05, 0) is 26.0 Å². The molecule has 0 spiro atoms. The second kappa shape index (κ2) is 5.44. The van der Waals surface area contributed by atoms with Crippen LogP contribution in [-0.4, -0.2) is 14.8 Å². The van der Waals surface area contributed by atoms with Gasteiger partial charge >= 0.3 is 0 Å². The molecule has 3 aromatic rings. The monoisotopic (exact) mass is 282 g/mol. The van der Waals surface area contributed by atoms with E-state index in [-0.39, 0.29) is 0 Å². The van der Waals surface area contributed by atoms with Crippen molar-refractivity contribution in [1.82, 2.24) is 14.8 Å². The molecule has 0 bridgehead atoms. The van der Waals surface area contributed by atoms with Gasteiger partial charge in [-0.1, -0.05) is 12.1 Å². The van der Waals surface area contributed by atoms with Gasteiger partial charge in [0.2, 0.25) is 0 Å². The standard InChI is InChI=1S/C16H18N4O/c1-11-15(12(2)20(3)19-11)8-18-14-6-4-5-13(7-14)16-9-17-10-21-16/h4-7,9-10,18H,8H2,1-3H3. The summed E-state index contributed by atoms with van der Waals surface area (Å²) in [6, 6.07) is 8.11. The van der Waals surface area contributed by atoms with E-state index < -0.39 is 0 Å². The van der Waals surface area contributed by atoms with Crippen LogP contribution in [0.4, 0.5) is 5.69 Å². The molecule has 0 aliphatic carbocycles. The molecule has 2 heterocycles. The number of aryl methyl sites for hydroxylation is 2. The minimum atomic E-state index is 0.755. The Hall–Kier alpha value is -2.56. The lowest BCUT2D eigenvalue weighted by atomic mass is 10.1. The van der Waals surface area contributed by atoms with E-state index in [0.29, 0.717) is 0 Å². The highest BCUT2D eigenvalue weighted by atomic mass is 16.3. The van der Waals surface area contributed by atoms with Crippen LogP contribution in [-0.2, 0) is 13.6 Å². The van der Waals surface area contributed by atoms with Gasteiger partial charge in [-0.25, -0.2) is 4.98 Å². The molecule has 0 aliphatic heterocycles. The number of hydrogen-bond acceptors (Lipinski definition) is 4. The summed E-state index contributed by atoms with van der Waals surface area (Å²) in [5.41, 5.74) is 5.55. The van der Waals surface area contributed by atoms with E-state index in [4.69, 9.17) is 4.42 Å². The van der Waals surface area contributed by atoms with Crippen LogP contribution < -0.4 is 5.32 Å². The molecule has 21 heavy (non-hydrogen) atoms. The maximum Gasteiger partial charge on any atom is 0.181 e. The Balaban J connectivity index is 1.78. The van der Waals surface area contributed by atoms with Gasteiger partial charge in [0.15, 0.2) is 12.2 Å². The van der Waals surface area contributed by atoms with Gasteiger partial charge in [-0.3, -0.25) is 4.68 Å². The van der Waals surface area contributed by atoms with Crippen LogP contribution in [0.5, 0.6) is 0 Å². The fraction of sp³-hybridized carbons (Fsp3) is 0.250. The van der Waals surface area contributed by atoms with Gasteiger partial charge in [0, 0.05) is 36.1 Å². The van der Waals surface area contributed by atoms with Crippen LogP contribution in [0, 0.1) is 13.8 Å². The zero-order valence-corrected chi connectivity index (χ0v) is 12.4. The highest BCUT2D eigenvalue weighted by Crippen LogP contribution is 2.23. The second-order valence-corrected chi connectivity index (χ2v) is 5.07. The Morgan fingerprint density at radius 3 is 2.81 bits per heavy atom. The number of nitrogens with one attached hydrogen (secondary N) is 1. The lowest BCUT2D eigenvalue weighted by molar-refractivity contribution is 0.572. The number of oxazole rings is 1. The molecule has 0 unspecified atom stereocenters. The fourth-order valence-electron chi connectivity index (χ4n) is 2.40. The maximum absolute atomic E-state index is 5.33. The summed E-state index contributed by atoms with van der Waals surface area (Å²) >= 11 is 0. The zero-order valence-electron chi connectivity index (χ0n) is 12.4. The molecule has 1 aromatic carbocycles. The predicted molar refractivity (Wildman–Crippen MR) is 81.9 cm³/mol. The van der Waals surface area contributed by atoms with Crippen LogP contribution in [0.3, 0.4) is 0 Å². The Labute approximate surface area is 123 Å². The molecular weight excluding hydrogens is 264 g/mol. The van der Waals surface area contributed by atoms with Crippen molar-refractivity contribution in [3.05, 3.63) is 53.8 Å². The molecule has 2 aromatic heterocycles. The van der Waals surface area contributed by atoms with Gasteiger partial charge in [0.05, 0.1) is 11.9 Å². The third kappa shape index (κ3) is 2.67. The van der Waals surface area contributed by atoms with Gasteiger partial charge in [0.1, 0.15) is 0 Å². The summed E-state index contributed by atoms with van der Waals surface area (Å²) < 4.78 is 7.24. The normalized spacial score (nSPS) is 10.8. The first-order chi connectivity index (χ1) is 10.1. The Morgan fingerprint density at radius 1 is 1.29 bits per heavy atom. The molecule has 0 amide bonds. The van der Waals surface area contributed by atoms with E-state index in [9.17, 15) is 0 Å². The summed E-state index contributed by atoms with van der Waals surface area (Å²) in [7, 11) is 1.97. The van der Waals surface area contributed by atoms with Crippen LogP contribution in [0.1, 0.15) is 17.0 Å². The van der Waals surface area contributed by atoms with Crippen molar-refractivity contribution >= 4 is 5.69 Å². The number of aromatic nitrogens is 3. The molecule has 3 rings (SSSR count). The van der Waals surface area contributed by atoms with Crippen LogP contribution >= 0.6 is 0 Å². The highest BCUT2D eigenvalue weighted by Gasteiger charge is 2.09. The van der Waals surface area contributed by atoms with Crippen molar-refractivity contribution in [2.45, 2.75) is 20.4 Å². The third-order valence-corrected chi connectivity index (χ3v) is 3.71. The number of hydrogen-bond donors (Lipinski definition) is 1. The second-order valence-electron chi connectivity index (χ2n) is 5.07. The Bertz CT molecular complexity index is 744. The molecule has 1 N–H and O–H groups in total. The third-order valence-electron chi connectivity index (χ3n) is 3.71. The Morgan fingerprint density at radius 2 is 2.14 bits per heavy atom. The minimum absolute atomic E-state index is 0.755. The largest absolute Gasteiger partial charge is 0.444 e. The SMILES string of the molecule is Cc1nn(C)c(C)c1CNc1cccc(-c2cnco2)c1. The summed E-state index contributed by atoms with van der Waals surface area (Å²) in [5, 5.41) is 7.88. The predicted octanol–water partition coefficient (Wildman–Crippen LogP) is 3.30. The fourth-order valence-corrected chi connectivity index (χ4v) is 2.40. The average Bonchev–Trinajstić information content (AvgIpc) is 3.08. The molecule has 0 fully saturated rings. The molecular formula is C16H18N4O. The van der Waals surface area contributed by atoms with Crippen molar-refractivity contribution in [2.24, 2.45) is 7.05 Å². The van der Waals surface area contributed by atoms with E-state index in [2.05, 4.69) is 28.4 Å². The minimum Gasteiger partial charge on any atom is -0.444 e. The van der Waals surface area contributed by atoms with E-state index >= 15 is 0 Å². The summed E-state index contributed by atoms with van der Waals surface area (Å²) in [4.78, 5) is 3.95. The van der Waals surface area contributed by atoms with Gasteiger partial charge in [-0.15, -0.1) is 0 Å². The number of nitrogens with zero attached hydrogens (tertiary/aromatic N) is 3. The smallest absolute Gasteiger partial charge is 0.181 e. The van der Waals surface area contributed by atoms with E-state index in [1.165, 1.54) is 17.7 Å². The maximum atomic E-state index is 5.33. The lowest BCUT2D eigenvalue weighted by Crippen LogP contribution is -2.02. The highest BCUT2D eigenvalue weighted by molar-refractivity contribution is 5.63.